The van der Waals surface area contributed by atoms with Gasteiger partial charge in [-0.25, -0.2) is 4.98 Å². The number of hydrogen-bond acceptors (Lipinski definition) is 5. The molecule has 2 aromatic carbocycles. The summed E-state index contributed by atoms with van der Waals surface area (Å²) in [6, 6.07) is 10.5. The highest BCUT2D eigenvalue weighted by molar-refractivity contribution is 7.21. The SMILES string of the molecule is CC(C=O)Oc1ccc(-c2nc3ccc(Cl)cc3s2)cc1O. The van der Waals surface area contributed by atoms with Crippen molar-refractivity contribution in [1.29, 1.82) is 0 Å². The fourth-order valence-electron chi connectivity index (χ4n) is 2.00. The van der Waals surface area contributed by atoms with Crippen LogP contribution in [0.2, 0.25) is 5.02 Å². The van der Waals surface area contributed by atoms with Gasteiger partial charge >= 0.3 is 0 Å². The van der Waals surface area contributed by atoms with Crippen molar-refractivity contribution in [2.75, 3.05) is 0 Å². The van der Waals surface area contributed by atoms with Gasteiger partial charge < -0.3 is 9.84 Å². The maximum Gasteiger partial charge on any atom is 0.162 e. The zero-order valence-corrected chi connectivity index (χ0v) is 13.2. The number of carbonyl (C=O) groups excluding carboxylic acids is 1. The monoisotopic (exact) mass is 333 g/mol. The molecule has 0 saturated heterocycles. The van der Waals surface area contributed by atoms with Crippen LogP contribution >= 0.6 is 22.9 Å². The van der Waals surface area contributed by atoms with E-state index in [0.29, 0.717) is 11.3 Å². The normalized spacial score (nSPS) is 12.3. The number of fused-ring (bicyclic) bond motifs is 1. The maximum atomic E-state index is 10.6. The molecule has 0 aliphatic rings. The minimum atomic E-state index is -0.610. The summed E-state index contributed by atoms with van der Waals surface area (Å²) in [7, 11) is 0. The van der Waals surface area contributed by atoms with Crippen LogP contribution in [-0.2, 0) is 4.79 Å². The van der Waals surface area contributed by atoms with Gasteiger partial charge in [0.25, 0.3) is 0 Å². The van der Waals surface area contributed by atoms with Gasteiger partial charge in [-0.05, 0) is 43.3 Å². The van der Waals surface area contributed by atoms with Crippen LogP contribution in [0.5, 0.6) is 11.5 Å². The molecular formula is C16H12ClNO3S. The van der Waals surface area contributed by atoms with Crippen LogP contribution < -0.4 is 4.74 Å². The third-order valence-corrected chi connectivity index (χ3v) is 4.36. The summed E-state index contributed by atoms with van der Waals surface area (Å²) < 4.78 is 6.29. The summed E-state index contributed by atoms with van der Waals surface area (Å²) in [6.07, 6.45) is 0.0614. The number of ether oxygens (including phenoxy) is 1. The number of benzene rings is 2. The number of aromatic nitrogens is 1. The Hall–Kier alpha value is -2.11. The Labute approximate surface area is 135 Å². The molecule has 1 N–H and O–H groups in total. The van der Waals surface area contributed by atoms with Gasteiger partial charge in [-0.2, -0.15) is 0 Å². The van der Waals surface area contributed by atoms with Gasteiger partial charge in [0.15, 0.2) is 23.9 Å². The number of phenolic OH excluding ortho intramolecular Hbond substituents is 1. The summed E-state index contributed by atoms with van der Waals surface area (Å²) in [4.78, 5) is 15.1. The molecule has 0 amide bonds. The summed E-state index contributed by atoms with van der Waals surface area (Å²) in [5.41, 5.74) is 1.64. The molecule has 3 aromatic rings. The van der Waals surface area contributed by atoms with E-state index in [0.717, 1.165) is 20.8 Å². The molecule has 1 heterocycles. The van der Waals surface area contributed by atoms with Crippen molar-refractivity contribution < 1.29 is 14.6 Å². The lowest BCUT2D eigenvalue weighted by Crippen LogP contribution is -2.12. The van der Waals surface area contributed by atoms with E-state index in [4.69, 9.17) is 16.3 Å². The number of phenols is 1. The zero-order chi connectivity index (χ0) is 15.7. The molecule has 0 aliphatic carbocycles. The first-order chi connectivity index (χ1) is 10.6. The van der Waals surface area contributed by atoms with Crippen LogP contribution in [0.4, 0.5) is 0 Å². The minimum absolute atomic E-state index is 0.0245. The number of carbonyl (C=O) groups is 1. The Morgan fingerprint density at radius 1 is 1.32 bits per heavy atom. The van der Waals surface area contributed by atoms with Crippen molar-refractivity contribution in [1.82, 2.24) is 4.98 Å². The minimum Gasteiger partial charge on any atom is -0.504 e. The highest BCUT2D eigenvalue weighted by Gasteiger charge is 2.11. The predicted octanol–water partition coefficient (Wildman–Crippen LogP) is 4.29. The fraction of sp³-hybridized carbons (Fsp3) is 0.125. The molecule has 1 aromatic heterocycles. The number of rotatable bonds is 4. The van der Waals surface area contributed by atoms with Crippen LogP contribution in [0.1, 0.15) is 6.92 Å². The van der Waals surface area contributed by atoms with Gasteiger partial charge in [-0.1, -0.05) is 11.6 Å². The topological polar surface area (TPSA) is 59.4 Å². The molecule has 22 heavy (non-hydrogen) atoms. The lowest BCUT2D eigenvalue weighted by atomic mass is 10.2. The second-order valence-corrected chi connectivity index (χ2v) is 6.24. The van der Waals surface area contributed by atoms with Gasteiger partial charge in [-0.3, -0.25) is 4.79 Å². The lowest BCUT2D eigenvalue weighted by Gasteiger charge is -2.10. The Balaban J connectivity index is 1.96. The van der Waals surface area contributed by atoms with Crippen molar-refractivity contribution >= 4 is 39.4 Å². The van der Waals surface area contributed by atoms with Gasteiger partial charge in [0, 0.05) is 10.6 Å². The van der Waals surface area contributed by atoms with E-state index in [1.807, 2.05) is 12.1 Å². The van der Waals surface area contributed by atoms with E-state index < -0.39 is 6.10 Å². The van der Waals surface area contributed by atoms with Crippen molar-refractivity contribution in [2.24, 2.45) is 0 Å². The summed E-state index contributed by atoms with van der Waals surface area (Å²) in [5, 5.41) is 11.5. The van der Waals surface area contributed by atoms with E-state index in [-0.39, 0.29) is 11.5 Å². The fourth-order valence-corrected chi connectivity index (χ4v) is 3.24. The van der Waals surface area contributed by atoms with E-state index in [1.165, 1.54) is 11.3 Å². The van der Waals surface area contributed by atoms with Gasteiger partial charge in [0.05, 0.1) is 10.2 Å². The quantitative estimate of drug-likeness (QED) is 0.724. The van der Waals surface area contributed by atoms with Crippen LogP contribution in [0.25, 0.3) is 20.8 Å². The average molecular weight is 334 g/mol. The second-order valence-electron chi connectivity index (χ2n) is 4.77. The third-order valence-electron chi connectivity index (χ3n) is 3.06. The van der Waals surface area contributed by atoms with Crippen LogP contribution in [0.15, 0.2) is 36.4 Å². The first kappa shape index (κ1) is 14.8. The largest absolute Gasteiger partial charge is 0.504 e. The molecule has 0 fully saturated rings. The molecule has 3 rings (SSSR count). The van der Waals surface area contributed by atoms with Gasteiger partial charge in [0.1, 0.15) is 5.01 Å². The molecule has 0 spiro atoms. The van der Waals surface area contributed by atoms with E-state index in [9.17, 15) is 9.90 Å². The lowest BCUT2D eigenvalue weighted by molar-refractivity contribution is -0.113. The Morgan fingerprint density at radius 2 is 2.14 bits per heavy atom. The Kier molecular flexibility index (Phi) is 4.00. The number of aromatic hydroxyl groups is 1. The molecule has 1 unspecified atom stereocenters. The number of hydrogen-bond donors (Lipinski definition) is 1. The number of thiazole rings is 1. The van der Waals surface area contributed by atoms with Crippen molar-refractivity contribution in [2.45, 2.75) is 13.0 Å². The van der Waals surface area contributed by atoms with E-state index >= 15 is 0 Å². The standard InChI is InChI=1S/C16H12ClNO3S/c1-9(8-19)21-14-5-2-10(6-13(14)20)16-18-12-4-3-11(17)7-15(12)22-16/h2-9,20H,1H3. The van der Waals surface area contributed by atoms with Crippen LogP contribution in [0.3, 0.4) is 0 Å². The summed E-state index contributed by atoms with van der Waals surface area (Å²) in [6.45, 7) is 1.61. The summed E-state index contributed by atoms with van der Waals surface area (Å²) in [5.74, 6) is 0.246. The smallest absolute Gasteiger partial charge is 0.162 e. The van der Waals surface area contributed by atoms with Crippen LogP contribution in [0, 0.1) is 0 Å². The molecule has 6 heteroatoms. The molecule has 0 radical (unpaired) electrons. The molecule has 0 bridgehead atoms. The first-order valence-electron chi connectivity index (χ1n) is 6.58. The highest BCUT2D eigenvalue weighted by Crippen LogP contribution is 2.36. The van der Waals surface area contributed by atoms with E-state index in [1.54, 1.807) is 31.2 Å². The second kappa shape index (κ2) is 5.94. The predicted molar refractivity (Wildman–Crippen MR) is 87.9 cm³/mol. The molecule has 112 valence electrons. The molecule has 0 aliphatic heterocycles. The van der Waals surface area contributed by atoms with Gasteiger partial charge in [0.2, 0.25) is 0 Å². The Bertz CT molecular complexity index is 847. The van der Waals surface area contributed by atoms with Crippen molar-refractivity contribution in [3.05, 3.63) is 41.4 Å². The van der Waals surface area contributed by atoms with Crippen molar-refractivity contribution in [3.63, 3.8) is 0 Å². The highest BCUT2D eigenvalue weighted by atomic mass is 35.5. The summed E-state index contributed by atoms with van der Waals surface area (Å²) >= 11 is 7.47. The Morgan fingerprint density at radius 3 is 2.86 bits per heavy atom. The van der Waals surface area contributed by atoms with E-state index in [2.05, 4.69) is 4.98 Å². The molecule has 0 saturated carbocycles. The van der Waals surface area contributed by atoms with Crippen molar-refractivity contribution in [3.8, 4) is 22.1 Å². The number of nitrogens with zero attached hydrogens (tertiary/aromatic N) is 1. The average Bonchev–Trinajstić information content (AvgIpc) is 2.92. The molecule has 4 nitrogen and oxygen atoms in total. The third kappa shape index (κ3) is 2.91. The number of halogens is 1. The molecule has 1 atom stereocenters. The zero-order valence-electron chi connectivity index (χ0n) is 11.6. The maximum absolute atomic E-state index is 10.6. The van der Waals surface area contributed by atoms with Gasteiger partial charge in [-0.15, -0.1) is 11.3 Å². The number of aldehydes is 1. The molecular weight excluding hydrogens is 322 g/mol. The van der Waals surface area contributed by atoms with Crippen LogP contribution in [-0.4, -0.2) is 22.5 Å². The first-order valence-corrected chi connectivity index (χ1v) is 7.77.